The van der Waals surface area contributed by atoms with Crippen LogP contribution in [0.2, 0.25) is 0 Å². The van der Waals surface area contributed by atoms with Crippen molar-refractivity contribution >= 4 is 51.9 Å². The molecule has 2 amide bonds. The van der Waals surface area contributed by atoms with E-state index in [1.807, 2.05) is 20.2 Å². The normalized spacial score (nSPS) is 19.9. The van der Waals surface area contributed by atoms with E-state index in [0.717, 1.165) is 16.4 Å². The number of aromatic amines is 1. The number of halogens is 1. The fourth-order valence-corrected chi connectivity index (χ4v) is 5.52. The van der Waals surface area contributed by atoms with Crippen molar-refractivity contribution in [1.82, 2.24) is 40.2 Å². The third kappa shape index (κ3) is 5.78. The molecule has 2 aliphatic heterocycles. The van der Waals surface area contributed by atoms with Crippen LogP contribution in [0.3, 0.4) is 0 Å². The minimum absolute atomic E-state index is 0.0447. The standard InChI is InChI=1S/C19H22FN11O5S2/c1-31(2,6-10-24-28-29-25-10)5-3-4-9-7-37-17-12(16(33)30(17)13(9)18(34)35)22-15(32)11(26-36-8-20)14-23-19(21)38-27-14/h3-4,12,17H,5-8H2,1-2H3,(H4-,21,22,23,24,25,27,28,29,32,34,35)/p+1/b4-3+,26-11-/t12-,17-/m1/s1. The molecule has 0 unspecified atom stereocenters. The number of carboxylic acids is 1. The average Bonchev–Trinajstić information content (AvgIpc) is 3.53. The molecule has 1 fully saturated rings. The van der Waals surface area contributed by atoms with Crippen molar-refractivity contribution in [2.75, 3.05) is 39.0 Å². The van der Waals surface area contributed by atoms with Gasteiger partial charge < -0.3 is 25.5 Å². The Morgan fingerprint density at radius 2 is 2.24 bits per heavy atom. The molecule has 2 aliphatic rings. The number of likely N-dealkylation sites (N-methyl/N-ethyl adjacent to an activating group) is 1. The lowest BCUT2D eigenvalue weighted by Crippen LogP contribution is -2.71. The predicted octanol–water partition coefficient (Wildman–Crippen LogP) is -1.15. The molecule has 5 N–H and O–H groups in total. The number of H-pyrrole nitrogens is 1. The zero-order chi connectivity index (χ0) is 27.4. The SMILES string of the molecule is C[N+](C)(C/C=C/C1=C(C(=O)O)N2C(=O)[C@@H](NC(=O)/C(=N\OCF)c3nsc(N)n3)[C@H]2SC1)Cc1nn[nH]n1. The minimum Gasteiger partial charge on any atom is -0.477 e. The van der Waals surface area contributed by atoms with Crippen LogP contribution >= 0.6 is 23.3 Å². The van der Waals surface area contributed by atoms with E-state index in [1.165, 1.54) is 11.8 Å². The number of nitrogen functional groups attached to an aromatic ring is 1. The molecule has 4 rings (SSSR count). The second-order valence-corrected chi connectivity index (χ2v) is 10.6. The number of oxime groups is 1. The highest BCUT2D eigenvalue weighted by Crippen LogP contribution is 2.40. The van der Waals surface area contributed by atoms with E-state index < -0.39 is 41.8 Å². The third-order valence-corrected chi connectivity index (χ3v) is 7.28. The van der Waals surface area contributed by atoms with E-state index in [-0.39, 0.29) is 22.4 Å². The van der Waals surface area contributed by atoms with Crippen LogP contribution in [0.5, 0.6) is 0 Å². The van der Waals surface area contributed by atoms with Crippen molar-refractivity contribution in [2.24, 2.45) is 5.16 Å². The summed E-state index contributed by atoms with van der Waals surface area (Å²) in [4.78, 5) is 47.2. The largest absolute Gasteiger partial charge is 0.477 e. The molecular formula is C19H23FN11O5S2+. The maximum Gasteiger partial charge on any atom is 0.352 e. The lowest BCUT2D eigenvalue weighted by atomic mass is 10.0. The number of allylic oxidation sites excluding steroid dienone is 1. The molecule has 16 nitrogen and oxygen atoms in total. The molecule has 0 aliphatic carbocycles. The molecule has 2 aromatic rings. The first-order valence-electron chi connectivity index (χ1n) is 10.9. The summed E-state index contributed by atoms with van der Waals surface area (Å²) in [5.41, 5.74) is 5.37. The quantitative estimate of drug-likeness (QED) is 0.109. The zero-order valence-corrected chi connectivity index (χ0v) is 21.7. The lowest BCUT2D eigenvalue weighted by Gasteiger charge is -2.49. The molecule has 202 valence electrons. The molecule has 4 heterocycles. The minimum atomic E-state index is -1.30. The van der Waals surface area contributed by atoms with Crippen LogP contribution in [0.25, 0.3) is 0 Å². The number of carbonyl (C=O) groups excluding carboxylic acids is 2. The van der Waals surface area contributed by atoms with Crippen LogP contribution in [-0.4, -0.2) is 113 Å². The predicted molar refractivity (Wildman–Crippen MR) is 132 cm³/mol. The lowest BCUT2D eigenvalue weighted by molar-refractivity contribution is -0.898. The summed E-state index contributed by atoms with van der Waals surface area (Å²) in [6, 6.07) is -1.05. The summed E-state index contributed by atoms with van der Waals surface area (Å²) in [5, 5.41) is 29.0. The van der Waals surface area contributed by atoms with Crippen molar-refractivity contribution < 1.29 is 33.2 Å². The summed E-state index contributed by atoms with van der Waals surface area (Å²) in [6.07, 6.45) is 3.50. The van der Waals surface area contributed by atoms with Gasteiger partial charge in [0.1, 0.15) is 23.7 Å². The van der Waals surface area contributed by atoms with Crippen LogP contribution < -0.4 is 11.1 Å². The van der Waals surface area contributed by atoms with Gasteiger partial charge in [-0.1, -0.05) is 11.2 Å². The highest BCUT2D eigenvalue weighted by atomic mass is 32.2. The Hall–Kier alpha value is -3.97. The Bertz CT molecular complexity index is 1310. The van der Waals surface area contributed by atoms with Crippen molar-refractivity contribution in [2.45, 2.75) is 18.0 Å². The number of aliphatic carboxylic acids is 1. The van der Waals surface area contributed by atoms with Crippen LogP contribution in [0.1, 0.15) is 11.6 Å². The van der Waals surface area contributed by atoms with Gasteiger partial charge in [-0.2, -0.15) is 14.6 Å². The summed E-state index contributed by atoms with van der Waals surface area (Å²) in [5.74, 6) is -2.16. The molecule has 0 spiro atoms. The van der Waals surface area contributed by atoms with Crippen LogP contribution in [0.4, 0.5) is 9.52 Å². The molecule has 1 saturated heterocycles. The van der Waals surface area contributed by atoms with Gasteiger partial charge in [-0.25, -0.2) is 9.18 Å². The fraction of sp³-hybridized carbons (Fsp3) is 0.421. The van der Waals surface area contributed by atoms with E-state index in [2.05, 4.69) is 45.3 Å². The number of tetrazole rings is 1. The van der Waals surface area contributed by atoms with Crippen molar-refractivity contribution in [1.29, 1.82) is 0 Å². The first-order chi connectivity index (χ1) is 18.1. The van der Waals surface area contributed by atoms with Crippen molar-refractivity contribution in [3.63, 3.8) is 0 Å². The molecule has 2 atom stereocenters. The number of aromatic nitrogens is 6. The number of rotatable bonds is 11. The number of carbonyl (C=O) groups is 3. The number of fused-ring (bicyclic) bond motifs is 1. The molecule has 0 radical (unpaired) electrons. The Kier molecular flexibility index (Phi) is 7.97. The van der Waals surface area contributed by atoms with E-state index >= 15 is 0 Å². The second-order valence-electron chi connectivity index (χ2n) is 8.68. The third-order valence-electron chi connectivity index (χ3n) is 5.44. The highest BCUT2D eigenvalue weighted by Gasteiger charge is 2.54. The smallest absolute Gasteiger partial charge is 0.352 e. The summed E-state index contributed by atoms with van der Waals surface area (Å²) >= 11 is 2.08. The first-order valence-corrected chi connectivity index (χ1v) is 12.7. The van der Waals surface area contributed by atoms with E-state index in [9.17, 15) is 23.9 Å². The van der Waals surface area contributed by atoms with Gasteiger partial charge in [0.15, 0.2) is 5.13 Å². The molecule has 0 bridgehead atoms. The Morgan fingerprint density at radius 3 is 2.87 bits per heavy atom. The molecular weight excluding hydrogens is 545 g/mol. The zero-order valence-electron chi connectivity index (χ0n) is 20.1. The van der Waals surface area contributed by atoms with Gasteiger partial charge in [-0.3, -0.25) is 14.5 Å². The van der Waals surface area contributed by atoms with Crippen LogP contribution in [-0.2, 0) is 25.8 Å². The number of β-lactam (4-membered cyclic amide) rings is 1. The monoisotopic (exact) mass is 568 g/mol. The molecule has 19 heteroatoms. The number of hydrogen-bond donors (Lipinski definition) is 4. The number of hydrogen-bond acceptors (Lipinski definition) is 13. The molecule has 2 aromatic heterocycles. The number of quaternary nitrogens is 1. The fourth-order valence-electron chi connectivity index (χ4n) is 3.76. The van der Waals surface area contributed by atoms with Gasteiger partial charge >= 0.3 is 5.97 Å². The van der Waals surface area contributed by atoms with E-state index in [1.54, 1.807) is 6.08 Å². The number of thioether (sulfide) groups is 1. The highest BCUT2D eigenvalue weighted by molar-refractivity contribution is 8.00. The summed E-state index contributed by atoms with van der Waals surface area (Å²) < 4.78 is 16.8. The molecule has 38 heavy (non-hydrogen) atoms. The number of amides is 2. The summed E-state index contributed by atoms with van der Waals surface area (Å²) in [6.45, 7) is -0.274. The Labute approximate surface area is 222 Å². The maximum atomic E-state index is 13.0. The number of carboxylic acid groups (broad SMARTS) is 1. The maximum absolute atomic E-state index is 13.0. The topological polar surface area (TPSA) is 215 Å². The van der Waals surface area contributed by atoms with E-state index in [4.69, 9.17) is 5.73 Å². The molecule has 0 aromatic carbocycles. The Morgan fingerprint density at radius 1 is 1.45 bits per heavy atom. The second kappa shape index (κ2) is 11.2. The van der Waals surface area contributed by atoms with Gasteiger partial charge in [0.25, 0.3) is 18.7 Å². The van der Waals surface area contributed by atoms with Crippen molar-refractivity contribution in [3.8, 4) is 0 Å². The van der Waals surface area contributed by atoms with Crippen molar-refractivity contribution in [3.05, 3.63) is 35.1 Å². The summed E-state index contributed by atoms with van der Waals surface area (Å²) in [7, 11) is 3.91. The number of anilines is 1. The van der Waals surface area contributed by atoms with E-state index in [0.29, 0.717) is 29.0 Å². The number of nitrogens with zero attached hydrogens (tertiary/aromatic N) is 8. The number of nitrogens with one attached hydrogen (secondary N) is 2. The Balaban J connectivity index is 1.46. The van der Waals surface area contributed by atoms with Gasteiger partial charge in [0, 0.05) is 17.3 Å². The van der Waals surface area contributed by atoms with Gasteiger partial charge in [0.2, 0.25) is 17.4 Å². The average molecular weight is 569 g/mol. The van der Waals surface area contributed by atoms with Gasteiger partial charge in [0.05, 0.1) is 20.6 Å². The number of nitrogens with two attached hydrogens (primary N) is 1. The van der Waals surface area contributed by atoms with Crippen LogP contribution in [0, 0.1) is 0 Å². The van der Waals surface area contributed by atoms with Gasteiger partial charge in [-0.05, 0) is 16.9 Å². The van der Waals surface area contributed by atoms with Crippen LogP contribution in [0.15, 0.2) is 28.6 Å². The molecule has 0 saturated carbocycles. The first kappa shape index (κ1) is 27.1. The number of alkyl halides is 1. The van der Waals surface area contributed by atoms with Gasteiger partial charge in [-0.15, -0.1) is 22.0 Å².